The van der Waals surface area contributed by atoms with Crippen LogP contribution in [0.2, 0.25) is 0 Å². The van der Waals surface area contributed by atoms with Crippen molar-refractivity contribution in [3.63, 3.8) is 0 Å². The number of carbonyl (C=O) groups excluding carboxylic acids is 2. The van der Waals surface area contributed by atoms with Crippen molar-refractivity contribution in [1.82, 2.24) is 0 Å². The van der Waals surface area contributed by atoms with Crippen LogP contribution in [0.4, 0.5) is 0 Å². The van der Waals surface area contributed by atoms with Gasteiger partial charge in [-0.1, -0.05) is 18.6 Å². The Morgan fingerprint density at radius 1 is 1.31 bits per heavy atom. The highest BCUT2D eigenvalue weighted by molar-refractivity contribution is 6.09. The predicted octanol–water partition coefficient (Wildman–Crippen LogP) is 3.18. The number of esters is 1. The molecule has 1 aromatic rings. The van der Waals surface area contributed by atoms with Gasteiger partial charge >= 0.3 is 5.97 Å². The van der Waals surface area contributed by atoms with Gasteiger partial charge in [-0.3, -0.25) is 9.59 Å². The fourth-order valence-corrected chi connectivity index (χ4v) is 5.98. The van der Waals surface area contributed by atoms with Gasteiger partial charge in [0.25, 0.3) is 0 Å². The molecule has 0 unspecified atom stereocenters. The molecule has 3 aliphatic carbocycles. The van der Waals surface area contributed by atoms with Crippen LogP contribution in [-0.4, -0.2) is 31.1 Å². The minimum absolute atomic E-state index is 0.0604. The van der Waals surface area contributed by atoms with Crippen molar-refractivity contribution in [1.29, 1.82) is 0 Å². The van der Waals surface area contributed by atoms with Gasteiger partial charge in [0, 0.05) is 30.4 Å². The number of ether oxygens (including phenoxy) is 2. The molecule has 1 saturated heterocycles. The molecule has 5 nitrogen and oxygen atoms in total. The second kappa shape index (κ2) is 5.19. The molecular weight excluding hydrogens is 332 g/mol. The molecule has 6 atom stereocenters. The predicted molar refractivity (Wildman–Crippen MR) is 92.2 cm³/mol. The van der Waals surface area contributed by atoms with Crippen molar-refractivity contribution in [3.8, 4) is 0 Å². The maximum absolute atomic E-state index is 13.4. The fraction of sp³-hybridized carbons (Fsp3) is 0.524. The third kappa shape index (κ3) is 1.65. The molecule has 0 amide bonds. The molecule has 0 aromatic carbocycles. The summed E-state index contributed by atoms with van der Waals surface area (Å²) in [4.78, 5) is 26.5. The molecule has 1 aliphatic heterocycles. The summed E-state index contributed by atoms with van der Waals surface area (Å²) in [6.07, 6.45) is 6.15. The number of furan rings is 1. The van der Waals surface area contributed by atoms with Gasteiger partial charge in [-0.05, 0) is 37.0 Å². The Kier molecular flexibility index (Phi) is 3.21. The Morgan fingerprint density at radius 3 is 2.81 bits per heavy atom. The van der Waals surface area contributed by atoms with Gasteiger partial charge in [0.15, 0.2) is 5.78 Å². The second-order valence-electron chi connectivity index (χ2n) is 7.98. The first kappa shape index (κ1) is 16.1. The Bertz CT molecular complexity index is 861. The lowest BCUT2D eigenvalue weighted by Gasteiger charge is -2.43. The second-order valence-corrected chi connectivity index (χ2v) is 7.98. The molecule has 1 aromatic heterocycles. The van der Waals surface area contributed by atoms with Crippen LogP contribution >= 0.6 is 0 Å². The summed E-state index contributed by atoms with van der Waals surface area (Å²) in [6, 6.07) is 1.90. The standard InChI is InChI=1S/C21H22O5/c1-10-5-4-7-21-15(10)19(26-20(21)23)18(24-3)14-13(12-6-8-25-9-12)11(2)17(22)16(14)21/h5-6,8-9,11,13,15,18-19H,4,7H2,1-3H3/t11-,13+,15+,18-,19-,21+/m0/s1. The number of carbonyl (C=O) groups is 2. The molecule has 0 N–H and O–H groups in total. The minimum atomic E-state index is -0.836. The Hall–Kier alpha value is -2.14. The van der Waals surface area contributed by atoms with Crippen molar-refractivity contribution in [3.05, 3.63) is 47.0 Å². The lowest BCUT2D eigenvalue weighted by molar-refractivity contribution is -0.150. The molecule has 2 bridgehead atoms. The van der Waals surface area contributed by atoms with Gasteiger partial charge in [0.1, 0.15) is 17.6 Å². The van der Waals surface area contributed by atoms with E-state index in [1.165, 1.54) is 0 Å². The number of methoxy groups -OCH3 is 1. The average Bonchev–Trinajstić information content (AvgIpc) is 3.28. The van der Waals surface area contributed by atoms with Crippen LogP contribution < -0.4 is 0 Å². The van der Waals surface area contributed by atoms with Crippen molar-refractivity contribution in [2.24, 2.45) is 17.3 Å². The molecule has 5 rings (SSSR count). The van der Waals surface area contributed by atoms with Crippen LogP contribution in [0.3, 0.4) is 0 Å². The highest BCUT2D eigenvalue weighted by atomic mass is 16.6. The summed E-state index contributed by atoms with van der Waals surface area (Å²) in [7, 11) is 1.64. The number of allylic oxidation sites excluding steroid dienone is 1. The molecule has 4 aliphatic rings. The van der Waals surface area contributed by atoms with E-state index in [-0.39, 0.29) is 35.6 Å². The number of ketones is 1. The molecular formula is C21H22O5. The van der Waals surface area contributed by atoms with E-state index in [1.54, 1.807) is 19.6 Å². The van der Waals surface area contributed by atoms with Gasteiger partial charge < -0.3 is 13.9 Å². The Labute approximate surface area is 152 Å². The first-order valence-corrected chi connectivity index (χ1v) is 9.23. The lowest BCUT2D eigenvalue weighted by Crippen LogP contribution is -2.49. The van der Waals surface area contributed by atoms with Crippen molar-refractivity contribution in [2.75, 3.05) is 7.11 Å². The van der Waals surface area contributed by atoms with E-state index >= 15 is 0 Å². The monoisotopic (exact) mass is 354 g/mol. The normalized spacial score (nSPS) is 41.0. The van der Waals surface area contributed by atoms with Gasteiger partial charge in [-0.2, -0.15) is 0 Å². The number of Topliss-reactive ketones (excluding diaryl/α,β-unsaturated/α-hetero) is 1. The zero-order valence-corrected chi connectivity index (χ0v) is 15.2. The highest BCUT2D eigenvalue weighted by Crippen LogP contribution is 2.64. The third-order valence-corrected chi connectivity index (χ3v) is 6.95. The van der Waals surface area contributed by atoms with Gasteiger partial charge in [0.05, 0.1) is 12.5 Å². The smallest absolute Gasteiger partial charge is 0.317 e. The summed E-state index contributed by atoms with van der Waals surface area (Å²) in [5, 5.41) is 0. The van der Waals surface area contributed by atoms with Crippen molar-refractivity contribution in [2.45, 2.75) is 44.8 Å². The van der Waals surface area contributed by atoms with E-state index in [4.69, 9.17) is 13.9 Å². The van der Waals surface area contributed by atoms with E-state index < -0.39 is 11.5 Å². The van der Waals surface area contributed by atoms with Crippen LogP contribution in [0, 0.1) is 17.3 Å². The first-order chi connectivity index (χ1) is 12.5. The topological polar surface area (TPSA) is 65.7 Å². The zero-order chi connectivity index (χ0) is 18.2. The Balaban J connectivity index is 1.80. The molecule has 1 fully saturated rings. The van der Waals surface area contributed by atoms with Gasteiger partial charge in [0.2, 0.25) is 0 Å². The molecule has 0 saturated carbocycles. The van der Waals surface area contributed by atoms with Crippen molar-refractivity contribution < 1.29 is 23.5 Å². The van der Waals surface area contributed by atoms with Gasteiger partial charge in [-0.25, -0.2) is 0 Å². The highest BCUT2D eigenvalue weighted by Gasteiger charge is 2.70. The van der Waals surface area contributed by atoms with Crippen LogP contribution in [0.5, 0.6) is 0 Å². The van der Waals surface area contributed by atoms with E-state index in [0.717, 1.165) is 23.1 Å². The van der Waals surface area contributed by atoms with Gasteiger partial charge in [-0.15, -0.1) is 0 Å². The van der Waals surface area contributed by atoms with Crippen LogP contribution in [0.1, 0.15) is 38.2 Å². The van der Waals surface area contributed by atoms with E-state index in [0.29, 0.717) is 12.0 Å². The maximum Gasteiger partial charge on any atom is 0.317 e. The zero-order valence-electron chi connectivity index (χ0n) is 15.2. The van der Waals surface area contributed by atoms with Crippen LogP contribution in [-0.2, 0) is 19.1 Å². The minimum Gasteiger partial charge on any atom is -0.472 e. The average molecular weight is 354 g/mol. The molecule has 0 radical (unpaired) electrons. The number of hydrogen-bond acceptors (Lipinski definition) is 5. The molecule has 2 heterocycles. The van der Waals surface area contributed by atoms with E-state index in [1.807, 2.05) is 19.9 Å². The molecule has 136 valence electrons. The SMILES string of the molecule is CO[C@H]1C2=C(C(=O)[C@@H](C)[C@@H]2c2ccoc2)[C@@]23CCC=C(C)[C@@H]2[C@@H]1OC3=O. The molecule has 5 heteroatoms. The molecule has 0 spiro atoms. The van der Waals surface area contributed by atoms with E-state index in [2.05, 4.69) is 6.08 Å². The quantitative estimate of drug-likeness (QED) is 0.603. The summed E-state index contributed by atoms with van der Waals surface area (Å²) < 4.78 is 17.0. The first-order valence-electron chi connectivity index (χ1n) is 9.23. The molecule has 26 heavy (non-hydrogen) atoms. The lowest BCUT2D eigenvalue weighted by atomic mass is 9.56. The van der Waals surface area contributed by atoms with Crippen LogP contribution in [0.25, 0.3) is 0 Å². The Morgan fingerprint density at radius 2 is 2.12 bits per heavy atom. The fourth-order valence-electron chi connectivity index (χ4n) is 5.98. The third-order valence-electron chi connectivity index (χ3n) is 6.95. The van der Waals surface area contributed by atoms with E-state index in [9.17, 15) is 9.59 Å². The summed E-state index contributed by atoms with van der Waals surface area (Å²) in [5.41, 5.74) is 2.86. The van der Waals surface area contributed by atoms with Crippen molar-refractivity contribution >= 4 is 11.8 Å². The maximum atomic E-state index is 13.4. The summed E-state index contributed by atoms with van der Waals surface area (Å²) >= 11 is 0. The number of hydrogen-bond donors (Lipinski definition) is 0. The van der Waals surface area contributed by atoms with Crippen LogP contribution in [0.15, 0.2) is 45.8 Å². The summed E-state index contributed by atoms with van der Waals surface area (Å²) in [5.74, 6) is -0.650. The summed E-state index contributed by atoms with van der Waals surface area (Å²) in [6.45, 7) is 3.99. The number of rotatable bonds is 2. The largest absolute Gasteiger partial charge is 0.472 e.